The van der Waals surface area contributed by atoms with E-state index in [0.29, 0.717) is 10.6 Å². The summed E-state index contributed by atoms with van der Waals surface area (Å²) in [6.07, 6.45) is -0.0340. The maximum atomic E-state index is 11.8. The second-order valence-corrected chi connectivity index (χ2v) is 5.31. The van der Waals surface area contributed by atoms with Gasteiger partial charge >= 0.3 is 0 Å². The van der Waals surface area contributed by atoms with E-state index in [1.165, 1.54) is 11.3 Å². The number of hydrogen-bond donors (Lipinski definition) is 2. The minimum Gasteiger partial charge on any atom is -0.497 e. The number of hydrogen-bond acceptors (Lipinski definition) is 5. The maximum absolute atomic E-state index is 11.8. The van der Waals surface area contributed by atoms with Crippen LogP contribution in [-0.2, 0) is 0 Å². The molecular weight excluding hydrogens is 264 g/mol. The molecule has 0 aliphatic rings. The van der Waals surface area contributed by atoms with Crippen LogP contribution in [-0.4, -0.2) is 19.1 Å². The lowest BCUT2D eigenvalue weighted by molar-refractivity contribution is 0.0953. The van der Waals surface area contributed by atoms with Crippen LogP contribution in [0.2, 0.25) is 0 Å². The van der Waals surface area contributed by atoms with Gasteiger partial charge in [0.25, 0.3) is 5.91 Å². The van der Waals surface area contributed by atoms with Crippen LogP contribution in [0.5, 0.6) is 11.5 Å². The lowest BCUT2D eigenvalue weighted by Gasteiger charge is -2.10. The fraction of sp³-hybridized carbons (Fsp3) is 0.308. The third-order valence-corrected chi connectivity index (χ3v) is 3.69. The number of nitrogen functional groups attached to an aromatic ring is 1. The molecular formula is C13H16N2O3S. The molecule has 5 nitrogen and oxygen atoms in total. The largest absolute Gasteiger partial charge is 0.497 e. The van der Waals surface area contributed by atoms with Crippen molar-refractivity contribution in [3.8, 4) is 11.5 Å². The number of benzene rings is 1. The monoisotopic (exact) mass is 280 g/mol. The third-order valence-electron chi connectivity index (χ3n) is 2.54. The first kappa shape index (κ1) is 13.6. The molecule has 0 aliphatic carbocycles. The van der Waals surface area contributed by atoms with Gasteiger partial charge in [-0.3, -0.25) is 10.2 Å². The van der Waals surface area contributed by atoms with Crippen molar-refractivity contribution in [1.82, 2.24) is 5.43 Å². The van der Waals surface area contributed by atoms with Crippen molar-refractivity contribution in [2.75, 3.05) is 7.11 Å². The van der Waals surface area contributed by atoms with Crippen LogP contribution in [0.15, 0.2) is 18.2 Å². The number of carbonyl (C=O) groups excluding carboxylic acids is 1. The highest BCUT2D eigenvalue weighted by molar-refractivity contribution is 7.21. The number of nitrogens with one attached hydrogen (secondary N) is 1. The van der Waals surface area contributed by atoms with E-state index in [0.717, 1.165) is 15.8 Å². The molecule has 3 N–H and O–H groups in total. The van der Waals surface area contributed by atoms with E-state index in [1.807, 2.05) is 32.0 Å². The molecule has 1 aromatic heterocycles. The Hall–Kier alpha value is -1.79. The smallest absolute Gasteiger partial charge is 0.279 e. The van der Waals surface area contributed by atoms with Gasteiger partial charge in [0, 0.05) is 10.1 Å². The Labute approximate surface area is 115 Å². The van der Waals surface area contributed by atoms with Gasteiger partial charge in [0.1, 0.15) is 10.6 Å². The first-order chi connectivity index (χ1) is 9.06. The number of fused-ring (bicyclic) bond motifs is 1. The lowest BCUT2D eigenvalue weighted by atomic mass is 10.2. The fourth-order valence-corrected chi connectivity index (χ4v) is 2.77. The standard InChI is InChI=1S/C13H16N2O3S/c1-7(2)18-11-9-6-8(17-3)4-5-10(9)19-12(11)13(16)15-14/h4-7H,14H2,1-3H3,(H,15,16). The molecule has 1 heterocycles. The van der Waals surface area contributed by atoms with E-state index >= 15 is 0 Å². The van der Waals surface area contributed by atoms with E-state index in [-0.39, 0.29) is 12.0 Å². The molecule has 0 radical (unpaired) electrons. The predicted molar refractivity (Wildman–Crippen MR) is 75.8 cm³/mol. The zero-order valence-electron chi connectivity index (χ0n) is 11.0. The van der Waals surface area contributed by atoms with Crippen molar-refractivity contribution < 1.29 is 14.3 Å². The van der Waals surface area contributed by atoms with Gasteiger partial charge in [0.05, 0.1) is 13.2 Å². The van der Waals surface area contributed by atoms with Gasteiger partial charge in [-0.1, -0.05) is 0 Å². The molecule has 19 heavy (non-hydrogen) atoms. The van der Waals surface area contributed by atoms with Gasteiger partial charge < -0.3 is 9.47 Å². The molecule has 0 saturated heterocycles. The summed E-state index contributed by atoms with van der Waals surface area (Å²) in [5, 5.41) is 0.858. The van der Waals surface area contributed by atoms with Crippen molar-refractivity contribution >= 4 is 27.3 Å². The van der Waals surface area contributed by atoms with E-state index in [9.17, 15) is 4.79 Å². The summed E-state index contributed by atoms with van der Waals surface area (Å²) < 4.78 is 11.9. The first-order valence-electron chi connectivity index (χ1n) is 5.85. The molecule has 1 aromatic carbocycles. The number of thiophene rings is 1. The summed E-state index contributed by atoms with van der Waals surface area (Å²) in [5.41, 5.74) is 2.14. The van der Waals surface area contributed by atoms with Crippen molar-refractivity contribution in [2.45, 2.75) is 20.0 Å². The Balaban J connectivity index is 2.63. The summed E-state index contributed by atoms with van der Waals surface area (Å²) in [7, 11) is 1.60. The van der Waals surface area contributed by atoms with Crippen LogP contribution in [0.1, 0.15) is 23.5 Å². The Kier molecular flexibility index (Phi) is 3.92. The molecule has 0 aliphatic heterocycles. The average molecular weight is 280 g/mol. The van der Waals surface area contributed by atoms with Crippen molar-refractivity contribution in [2.24, 2.45) is 5.84 Å². The summed E-state index contributed by atoms with van der Waals surface area (Å²) in [4.78, 5) is 12.3. The van der Waals surface area contributed by atoms with Crippen LogP contribution in [0.25, 0.3) is 10.1 Å². The van der Waals surface area contributed by atoms with Crippen molar-refractivity contribution in [1.29, 1.82) is 0 Å². The molecule has 102 valence electrons. The van der Waals surface area contributed by atoms with Crippen molar-refractivity contribution in [3.63, 3.8) is 0 Å². The Bertz CT molecular complexity index is 607. The van der Waals surface area contributed by atoms with E-state index in [2.05, 4.69) is 5.43 Å². The normalized spacial score (nSPS) is 10.8. The molecule has 2 rings (SSSR count). The first-order valence-corrected chi connectivity index (χ1v) is 6.66. The highest BCUT2D eigenvalue weighted by atomic mass is 32.1. The Morgan fingerprint density at radius 3 is 2.74 bits per heavy atom. The SMILES string of the molecule is COc1ccc2sc(C(=O)NN)c(OC(C)C)c2c1. The zero-order valence-corrected chi connectivity index (χ0v) is 11.8. The van der Waals surface area contributed by atoms with E-state index in [1.54, 1.807) is 7.11 Å². The van der Waals surface area contributed by atoms with Gasteiger partial charge in [-0.2, -0.15) is 0 Å². The Morgan fingerprint density at radius 1 is 1.42 bits per heavy atom. The fourth-order valence-electron chi connectivity index (χ4n) is 1.75. The molecule has 0 unspecified atom stereocenters. The summed E-state index contributed by atoms with van der Waals surface area (Å²) in [6, 6.07) is 5.61. The molecule has 0 saturated carbocycles. The number of hydrazine groups is 1. The second-order valence-electron chi connectivity index (χ2n) is 4.26. The van der Waals surface area contributed by atoms with Gasteiger partial charge in [-0.15, -0.1) is 11.3 Å². The van der Waals surface area contributed by atoms with Crippen molar-refractivity contribution in [3.05, 3.63) is 23.1 Å². The average Bonchev–Trinajstić information content (AvgIpc) is 2.75. The molecule has 0 fully saturated rings. The minimum atomic E-state index is -0.351. The molecule has 0 atom stereocenters. The minimum absolute atomic E-state index is 0.0340. The number of methoxy groups -OCH3 is 1. The van der Waals surface area contributed by atoms with Crippen LogP contribution >= 0.6 is 11.3 Å². The topological polar surface area (TPSA) is 73.6 Å². The number of ether oxygens (including phenoxy) is 2. The second kappa shape index (κ2) is 5.46. The maximum Gasteiger partial charge on any atom is 0.279 e. The highest BCUT2D eigenvalue weighted by Gasteiger charge is 2.20. The number of rotatable bonds is 4. The van der Waals surface area contributed by atoms with Crippen LogP contribution in [0.4, 0.5) is 0 Å². The van der Waals surface area contributed by atoms with Gasteiger partial charge in [-0.25, -0.2) is 5.84 Å². The number of carbonyl (C=O) groups is 1. The molecule has 0 spiro atoms. The number of nitrogens with two attached hydrogens (primary N) is 1. The third kappa shape index (κ3) is 2.64. The summed E-state index contributed by atoms with van der Waals surface area (Å²) >= 11 is 1.35. The van der Waals surface area contributed by atoms with E-state index in [4.69, 9.17) is 15.3 Å². The zero-order chi connectivity index (χ0) is 14.0. The Morgan fingerprint density at radius 2 is 2.16 bits per heavy atom. The lowest BCUT2D eigenvalue weighted by Crippen LogP contribution is -2.29. The van der Waals surface area contributed by atoms with Crippen LogP contribution in [0, 0.1) is 0 Å². The van der Waals surface area contributed by atoms with Gasteiger partial charge in [0.15, 0.2) is 5.75 Å². The molecule has 0 bridgehead atoms. The predicted octanol–water partition coefficient (Wildman–Crippen LogP) is 2.30. The molecule has 1 amide bonds. The number of amides is 1. The van der Waals surface area contributed by atoms with Crippen LogP contribution in [0.3, 0.4) is 0 Å². The summed E-state index contributed by atoms with van der Waals surface area (Å²) in [6.45, 7) is 3.82. The summed E-state index contributed by atoms with van der Waals surface area (Å²) in [5.74, 6) is 6.13. The highest BCUT2D eigenvalue weighted by Crippen LogP contribution is 2.40. The molecule has 6 heteroatoms. The van der Waals surface area contributed by atoms with Gasteiger partial charge in [-0.05, 0) is 32.0 Å². The quantitative estimate of drug-likeness (QED) is 0.512. The van der Waals surface area contributed by atoms with Gasteiger partial charge in [0.2, 0.25) is 0 Å². The van der Waals surface area contributed by atoms with E-state index < -0.39 is 0 Å². The molecule has 2 aromatic rings. The van der Waals surface area contributed by atoms with Crippen LogP contribution < -0.4 is 20.7 Å².